The van der Waals surface area contributed by atoms with Crippen molar-refractivity contribution >= 4 is 16.6 Å². The highest BCUT2D eigenvalue weighted by Crippen LogP contribution is 2.42. The van der Waals surface area contributed by atoms with Gasteiger partial charge in [0.25, 0.3) is 0 Å². The van der Waals surface area contributed by atoms with Crippen LogP contribution in [0, 0.1) is 5.82 Å². The second-order valence-electron chi connectivity index (χ2n) is 8.89. The first-order valence-electron chi connectivity index (χ1n) is 10.2. The number of aromatic nitrogens is 5. The minimum absolute atomic E-state index is 0.220. The van der Waals surface area contributed by atoms with Crippen molar-refractivity contribution in [3.63, 3.8) is 0 Å². The quantitative estimate of drug-likeness (QED) is 0.502. The van der Waals surface area contributed by atoms with Crippen LogP contribution in [-0.4, -0.2) is 31.3 Å². The Hall–Kier alpha value is -3.22. The third kappa shape index (κ3) is 2.80. The van der Waals surface area contributed by atoms with E-state index >= 15 is 0 Å². The average molecular weight is 404 g/mol. The Morgan fingerprint density at radius 2 is 1.87 bits per heavy atom. The summed E-state index contributed by atoms with van der Waals surface area (Å²) >= 11 is 0. The maximum atomic E-state index is 14.1. The molecule has 4 aromatic rings. The number of anilines is 1. The molecule has 0 bridgehead atoms. The second-order valence-corrected chi connectivity index (χ2v) is 8.89. The van der Waals surface area contributed by atoms with E-state index in [9.17, 15) is 4.39 Å². The first-order chi connectivity index (χ1) is 14.4. The lowest BCUT2D eigenvalue weighted by Gasteiger charge is -2.38. The topological polar surface area (TPSA) is 51.8 Å². The molecule has 0 saturated heterocycles. The van der Waals surface area contributed by atoms with Gasteiger partial charge in [0.1, 0.15) is 11.9 Å². The van der Waals surface area contributed by atoms with E-state index in [2.05, 4.69) is 77.1 Å². The molecule has 0 radical (unpaired) electrons. The number of rotatable bonds is 2. The van der Waals surface area contributed by atoms with Gasteiger partial charge in [-0.25, -0.2) is 9.07 Å². The Morgan fingerprint density at radius 1 is 1.07 bits per heavy atom. The highest BCUT2D eigenvalue weighted by molar-refractivity contribution is 5.86. The Kier molecular flexibility index (Phi) is 4.17. The molecule has 1 unspecified atom stereocenters. The van der Waals surface area contributed by atoms with E-state index in [1.165, 1.54) is 22.5 Å². The van der Waals surface area contributed by atoms with Gasteiger partial charge in [0.15, 0.2) is 5.82 Å². The van der Waals surface area contributed by atoms with Gasteiger partial charge in [-0.05, 0) is 67.4 Å². The molecule has 154 valence electrons. The predicted molar refractivity (Wildman–Crippen MR) is 115 cm³/mol. The maximum absolute atomic E-state index is 14.1. The Morgan fingerprint density at radius 3 is 2.63 bits per heavy atom. The van der Waals surface area contributed by atoms with Crippen molar-refractivity contribution in [2.45, 2.75) is 38.8 Å². The van der Waals surface area contributed by atoms with Crippen LogP contribution in [0.25, 0.3) is 10.9 Å². The molecule has 0 saturated carbocycles. The van der Waals surface area contributed by atoms with Crippen molar-refractivity contribution in [3.8, 4) is 0 Å². The number of halogens is 1. The molecule has 0 amide bonds. The van der Waals surface area contributed by atoms with Crippen molar-refractivity contribution < 1.29 is 4.39 Å². The van der Waals surface area contributed by atoms with Crippen LogP contribution in [0.15, 0.2) is 48.5 Å². The zero-order chi connectivity index (χ0) is 21.0. The molecule has 3 heterocycles. The minimum Gasteiger partial charge on any atom is -0.356 e. The summed E-state index contributed by atoms with van der Waals surface area (Å²) in [7, 11) is 2.09. The molecule has 1 aliphatic rings. The van der Waals surface area contributed by atoms with Crippen LogP contribution in [0.5, 0.6) is 0 Å². The summed E-state index contributed by atoms with van der Waals surface area (Å²) in [6.45, 7) is 7.02. The number of hydrogen-bond acceptors (Lipinski definition) is 4. The summed E-state index contributed by atoms with van der Waals surface area (Å²) < 4.78 is 18.2. The van der Waals surface area contributed by atoms with Crippen molar-refractivity contribution in [1.29, 1.82) is 0 Å². The van der Waals surface area contributed by atoms with Crippen LogP contribution in [0.3, 0.4) is 0 Å². The van der Waals surface area contributed by atoms with Gasteiger partial charge in [-0.15, -0.1) is 5.10 Å². The maximum Gasteiger partial charge on any atom is 0.180 e. The van der Waals surface area contributed by atoms with Gasteiger partial charge in [-0.1, -0.05) is 24.3 Å². The standard InChI is InChI=1S/C23H25FN6/c1-23(2,3)30-22(25-26-27-30)21-20-18(17-10-5-6-11-19(17)28(20)4)12-13-29(21)16-9-7-8-15(24)14-16/h5-11,14,21H,12-13H2,1-4H3. The van der Waals surface area contributed by atoms with Crippen LogP contribution in [0.2, 0.25) is 0 Å². The summed E-state index contributed by atoms with van der Waals surface area (Å²) in [6, 6.07) is 15.0. The lowest BCUT2D eigenvalue weighted by atomic mass is 9.95. The molecular formula is C23H25FN6. The normalized spacial score (nSPS) is 16.8. The molecule has 0 aliphatic carbocycles. The summed E-state index contributed by atoms with van der Waals surface area (Å²) in [4.78, 5) is 2.22. The van der Waals surface area contributed by atoms with E-state index in [0.717, 1.165) is 30.2 Å². The van der Waals surface area contributed by atoms with Gasteiger partial charge in [0.05, 0.1) is 11.2 Å². The van der Waals surface area contributed by atoms with Crippen molar-refractivity contribution in [1.82, 2.24) is 24.8 Å². The van der Waals surface area contributed by atoms with Gasteiger partial charge in [-0.2, -0.15) is 0 Å². The number of aryl methyl sites for hydroxylation is 1. The summed E-state index contributed by atoms with van der Waals surface area (Å²) in [6.07, 6.45) is 0.876. The fourth-order valence-corrected chi connectivity index (χ4v) is 4.65. The van der Waals surface area contributed by atoms with Crippen LogP contribution in [0.4, 0.5) is 10.1 Å². The predicted octanol–water partition coefficient (Wildman–Crippen LogP) is 4.21. The number of tetrazole rings is 1. The SMILES string of the molecule is Cn1c2c(c3ccccc31)CCN(c1cccc(F)c1)C2c1nnnn1C(C)(C)C. The van der Waals surface area contributed by atoms with Gasteiger partial charge in [0.2, 0.25) is 0 Å². The number of hydrogen-bond donors (Lipinski definition) is 0. The van der Waals surface area contributed by atoms with E-state index in [0.29, 0.717) is 0 Å². The van der Waals surface area contributed by atoms with E-state index in [4.69, 9.17) is 0 Å². The summed E-state index contributed by atoms with van der Waals surface area (Å²) in [5.74, 6) is 0.517. The van der Waals surface area contributed by atoms with E-state index in [1.807, 2.05) is 10.7 Å². The van der Waals surface area contributed by atoms with Gasteiger partial charge >= 0.3 is 0 Å². The largest absolute Gasteiger partial charge is 0.356 e. The van der Waals surface area contributed by atoms with Gasteiger partial charge < -0.3 is 9.47 Å². The lowest BCUT2D eigenvalue weighted by molar-refractivity contribution is 0.327. The monoisotopic (exact) mass is 404 g/mol. The smallest absolute Gasteiger partial charge is 0.180 e. The number of para-hydroxylation sites is 1. The zero-order valence-corrected chi connectivity index (χ0v) is 17.7. The Labute approximate surface area is 174 Å². The molecule has 2 aromatic carbocycles. The van der Waals surface area contributed by atoms with E-state index in [-0.39, 0.29) is 17.4 Å². The van der Waals surface area contributed by atoms with Gasteiger partial charge in [0, 0.05) is 30.2 Å². The molecule has 6 nitrogen and oxygen atoms in total. The van der Waals surface area contributed by atoms with Crippen LogP contribution in [0.1, 0.15) is 43.9 Å². The number of benzene rings is 2. The van der Waals surface area contributed by atoms with Crippen LogP contribution >= 0.6 is 0 Å². The third-order valence-electron chi connectivity index (χ3n) is 5.95. The van der Waals surface area contributed by atoms with E-state index in [1.54, 1.807) is 12.1 Å². The van der Waals surface area contributed by atoms with Crippen LogP contribution in [-0.2, 0) is 19.0 Å². The molecule has 30 heavy (non-hydrogen) atoms. The third-order valence-corrected chi connectivity index (χ3v) is 5.95. The fraction of sp³-hybridized carbons (Fsp3) is 0.348. The summed E-state index contributed by atoms with van der Waals surface area (Å²) in [5.41, 5.74) is 4.21. The molecule has 0 spiro atoms. The first-order valence-corrected chi connectivity index (χ1v) is 10.2. The second kappa shape index (κ2) is 6.65. The molecule has 7 heteroatoms. The molecule has 0 fully saturated rings. The molecule has 5 rings (SSSR count). The fourth-order valence-electron chi connectivity index (χ4n) is 4.65. The molecule has 1 aliphatic heterocycles. The highest BCUT2D eigenvalue weighted by atomic mass is 19.1. The lowest BCUT2D eigenvalue weighted by Crippen LogP contribution is -2.40. The Bertz CT molecular complexity index is 1230. The van der Waals surface area contributed by atoms with Crippen LogP contribution < -0.4 is 4.90 Å². The molecule has 1 atom stereocenters. The minimum atomic E-state index is -0.283. The first kappa shape index (κ1) is 18.8. The number of fused-ring (bicyclic) bond motifs is 3. The average Bonchev–Trinajstić information content (AvgIpc) is 3.32. The molecule has 2 aromatic heterocycles. The highest BCUT2D eigenvalue weighted by Gasteiger charge is 2.38. The van der Waals surface area contributed by atoms with E-state index < -0.39 is 0 Å². The van der Waals surface area contributed by atoms with Crippen molar-refractivity contribution in [2.24, 2.45) is 7.05 Å². The number of nitrogens with zero attached hydrogens (tertiary/aromatic N) is 6. The van der Waals surface area contributed by atoms with Crippen molar-refractivity contribution in [3.05, 3.63) is 71.4 Å². The Balaban J connectivity index is 1.79. The van der Waals surface area contributed by atoms with Crippen molar-refractivity contribution in [2.75, 3.05) is 11.4 Å². The van der Waals surface area contributed by atoms with Gasteiger partial charge in [-0.3, -0.25) is 0 Å². The molecular weight excluding hydrogens is 379 g/mol. The summed E-state index contributed by atoms with van der Waals surface area (Å²) in [5, 5.41) is 14.1. The molecule has 0 N–H and O–H groups in total. The zero-order valence-electron chi connectivity index (χ0n) is 17.7.